The summed E-state index contributed by atoms with van der Waals surface area (Å²) >= 11 is 0. The quantitative estimate of drug-likeness (QED) is 0.458. The molecule has 2 aromatic rings. The summed E-state index contributed by atoms with van der Waals surface area (Å²) in [5.74, 6) is -1.98. The Hall–Kier alpha value is -3.76. The zero-order valence-electron chi connectivity index (χ0n) is 13.2. The Labute approximate surface area is 140 Å². The summed E-state index contributed by atoms with van der Waals surface area (Å²) in [6, 6.07) is 3.95. The van der Waals surface area contributed by atoms with Crippen LogP contribution in [0.25, 0.3) is 0 Å². The summed E-state index contributed by atoms with van der Waals surface area (Å²) in [7, 11) is 2.37. The largest absolute Gasteiger partial charge is 0.465 e. The van der Waals surface area contributed by atoms with Gasteiger partial charge < -0.3 is 20.5 Å². The van der Waals surface area contributed by atoms with E-state index in [1.807, 2.05) is 0 Å². The fourth-order valence-corrected chi connectivity index (χ4v) is 1.97. The molecule has 0 aliphatic carbocycles. The van der Waals surface area contributed by atoms with Crippen LogP contribution < -0.4 is 11.1 Å². The van der Waals surface area contributed by atoms with E-state index in [9.17, 15) is 19.7 Å². The molecular weight excluding hydrogens is 334 g/mol. The minimum Gasteiger partial charge on any atom is -0.465 e. The van der Waals surface area contributed by atoms with Crippen LogP contribution in [0.1, 0.15) is 20.7 Å². The Morgan fingerprint density at radius 2 is 1.88 bits per heavy atom. The van der Waals surface area contributed by atoms with Gasteiger partial charge in [-0.3, -0.25) is 10.1 Å². The minimum atomic E-state index is -0.764. The summed E-state index contributed by atoms with van der Waals surface area (Å²) in [5.41, 5.74) is 5.13. The van der Waals surface area contributed by atoms with Crippen LogP contribution >= 0.6 is 0 Å². The number of methoxy groups -OCH3 is 2. The van der Waals surface area contributed by atoms with Crippen molar-refractivity contribution in [2.45, 2.75) is 0 Å². The Balaban J connectivity index is 2.57. The fraction of sp³-hybridized carbons (Fsp3) is 0.143. The zero-order valence-corrected chi connectivity index (χ0v) is 13.2. The maximum absolute atomic E-state index is 11.9. The van der Waals surface area contributed by atoms with E-state index in [2.05, 4.69) is 24.8 Å². The molecule has 2 rings (SSSR count). The van der Waals surface area contributed by atoms with E-state index in [1.165, 1.54) is 32.4 Å². The van der Waals surface area contributed by atoms with Gasteiger partial charge in [-0.25, -0.2) is 19.6 Å². The summed E-state index contributed by atoms with van der Waals surface area (Å²) < 4.78 is 9.27. The number of nitro groups is 1. The van der Waals surface area contributed by atoms with E-state index in [0.29, 0.717) is 0 Å². The maximum atomic E-state index is 11.9. The number of nitrogens with one attached hydrogen (secondary N) is 1. The number of esters is 2. The SMILES string of the molecule is COC(=O)c1ccc(C(=O)OC)c(Nc2ncnc(N)c2[N+](=O)[O-])c1. The number of rotatable bonds is 5. The van der Waals surface area contributed by atoms with E-state index >= 15 is 0 Å². The van der Waals surface area contributed by atoms with Crippen molar-refractivity contribution >= 4 is 34.9 Å². The Morgan fingerprint density at radius 1 is 1.20 bits per heavy atom. The molecule has 130 valence electrons. The molecule has 0 radical (unpaired) electrons. The van der Waals surface area contributed by atoms with Crippen molar-refractivity contribution in [2.75, 3.05) is 25.3 Å². The molecule has 0 saturated heterocycles. The molecule has 0 bridgehead atoms. The lowest BCUT2D eigenvalue weighted by Crippen LogP contribution is -2.11. The van der Waals surface area contributed by atoms with Crippen molar-refractivity contribution < 1.29 is 24.0 Å². The van der Waals surface area contributed by atoms with Crippen molar-refractivity contribution in [3.05, 3.63) is 45.8 Å². The molecule has 25 heavy (non-hydrogen) atoms. The first-order chi connectivity index (χ1) is 11.9. The second-order valence-corrected chi connectivity index (χ2v) is 4.58. The second-order valence-electron chi connectivity index (χ2n) is 4.58. The number of ether oxygens (including phenoxy) is 2. The maximum Gasteiger partial charge on any atom is 0.353 e. The smallest absolute Gasteiger partial charge is 0.353 e. The monoisotopic (exact) mass is 347 g/mol. The fourth-order valence-electron chi connectivity index (χ4n) is 1.97. The van der Waals surface area contributed by atoms with Crippen LogP contribution in [0.15, 0.2) is 24.5 Å². The summed E-state index contributed by atoms with van der Waals surface area (Å²) in [6.07, 6.45) is 1.02. The normalized spacial score (nSPS) is 10.0. The lowest BCUT2D eigenvalue weighted by molar-refractivity contribution is -0.383. The lowest BCUT2D eigenvalue weighted by atomic mass is 10.1. The highest BCUT2D eigenvalue weighted by Gasteiger charge is 2.23. The van der Waals surface area contributed by atoms with Gasteiger partial charge in [-0.1, -0.05) is 0 Å². The number of nitrogens with two attached hydrogens (primary N) is 1. The van der Waals surface area contributed by atoms with Gasteiger partial charge in [0, 0.05) is 0 Å². The van der Waals surface area contributed by atoms with Crippen molar-refractivity contribution in [3.8, 4) is 0 Å². The third-order valence-corrected chi connectivity index (χ3v) is 3.13. The number of anilines is 3. The third-order valence-electron chi connectivity index (χ3n) is 3.13. The first-order valence-electron chi connectivity index (χ1n) is 6.71. The van der Waals surface area contributed by atoms with Crippen LogP contribution in [0, 0.1) is 10.1 Å². The number of benzene rings is 1. The van der Waals surface area contributed by atoms with Gasteiger partial charge in [0.1, 0.15) is 6.33 Å². The average Bonchev–Trinajstić information content (AvgIpc) is 2.60. The number of nitrogens with zero attached hydrogens (tertiary/aromatic N) is 3. The summed E-state index contributed by atoms with van der Waals surface area (Å²) in [4.78, 5) is 41.3. The highest BCUT2D eigenvalue weighted by atomic mass is 16.6. The first-order valence-corrected chi connectivity index (χ1v) is 6.71. The van der Waals surface area contributed by atoms with Gasteiger partial charge in [0.05, 0.1) is 36.0 Å². The van der Waals surface area contributed by atoms with E-state index in [0.717, 1.165) is 6.33 Å². The van der Waals surface area contributed by atoms with Gasteiger partial charge in [-0.2, -0.15) is 0 Å². The van der Waals surface area contributed by atoms with Crippen molar-refractivity contribution in [1.82, 2.24) is 9.97 Å². The second kappa shape index (κ2) is 7.21. The highest BCUT2D eigenvalue weighted by molar-refractivity contribution is 6.00. The van der Waals surface area contributed by atoms with Gasteiger partial charge in [0.2, 0.25) is 11.6 Å². The van der Waals surface area contributed by atoms with Gasteiger partial charge in [-0.05, 0) is 18.2 Å². The Morgan fingerprint density at radius 3 is 2.48 bits per heavy atom. The van der Waals surface area contributed by atoms with Gasteiger partial charge in [-0.15, -0.1) is 0 Å². The average molecular weight is 347 g/mol. The third kappa shape index (κ3) is 3.60. The van der Waals surface area contributed by atoms with Gasteiger partial charge in [0.15, 0.2) is 0 Å². The molecule has 0 saturated carbocycles. The van der Waals surface area contributed by atoms with E-state index in [4.69, 9.17) is 5.73 Å². The van der Waals surface area contributed by atoms with Crippen LogP contribution in [0.4, 0.5) is 23.0 Å². The molecule has 1 aromatic carbocycles. The Bertz CT molecular complexity index is 854. The minimum absolute atomic E-state index is 0.0293. The number of carbonyl (C=O) groups excluding carboxylic acids is 2. The molecular formula is C14H13N5O6. The van der Waals surface area contributed by atoms with Crippen molar-refractivity contribution in [3.63, 3.8) is 0 Å². The lowest BCUT2D eigenvalue weighted by Gasteiger charge is -2.12. The van der Waals surface area contributed by atoms with Gasteiger partial charge in [0.25, 0.3) is 0 Å². The number of carbonyl (C=O) groups is 2. The number of aromatic nitrogens is 2. The number of hydrogen-bond donors (Lipinski definition) is 2. The molecule has 1 aromatic heterocycles. The molecule has 0 amide bonds. The van der Waals surface area contributed by atoms with Crippen LogP contribution in [0.2, 0.25) is 0 Å². The topological polar surface area (TPSA) is 160 Å². The van der Waals surface area contributed by atoms with E-state index < -0.39 is 22.5 Å². The molecule has 11 heteroatoms. The van der Waals surface area contributed by atoms with E-state index in [1.54, 1.807) is 0 Å². The molecule has 0 aliphatic heterocycles. The molecule has 3 N–H and O–H groups in total. The molecule has 0 unspecified atom stereocenters. The molecule has 11 nitrogen and oxygen atoms in total. The molecule has 0 atom stereocenters. The van der Waals surface area contributed by atoms with Gasteiger partial charge >= 0.3 is 17.6 Å². The molecule has 1 heterocycles. The summed E-state index contributed by atoms with van der Waals surface area (Å²) in [6.45, 7) is 0. The number of hydrogen-bond acceptors (Lipinski definition) is 10. The van der Waals surface area contributed by atoms with Crippen LogP contribution in [0.5, 0.6) is 0 Å². The molecule has 0 spiro atoms. The zero-order chi connectivity index (χ0) is 18.6. The van der Waals surface area contributed by atoms with Crippen molar-refractivity contribution in [2.24, 2.45) is 0 Å². The summed E-state index contributed by atoms with van der Waals surface area (Å²) in [5, 5.41) is 13.8. The van der Waals surface area contributed by atoms with Crippen LogP contribution in [-0.2, 0) is 9.47 Å². The predicted molar refractivity (Wildman–Crippen MR) is 85.5 cm³/mol. The number of nitrogen functional groups attached to an aromatic ring is 1. The predicted octanol–water partition coefficient (Wildman–Crippen LogP) is 1.28. The highest BCUT2D eigenvalue weighted by Crippen LogP contribution is 2.31. The van der Waals surface area contributed by atoms with Crippen molar-refractivity contribution in [1.29, 1.82) is 0 Å². The molecule has 0 fully saturated rings. The first kappa shape index (κ1) is 17.6. The molecule has 0 aliphatic rings. The van der Waals surface area contributed by atoms with Crippen LogP contribution in [0.3, 0.4) is 0 Å². The standard InChI is InChI=1S/C14H13N5O6/c1-24-13(20)7-3-4-8(14(21)25-2)9(5-7)18-12-10(19(22)23)11(15)16-6-17-12/h3-6H,1-2H3,(H3,15,16,17,18). The van der Waals surface area contributed by atoms with E-state index in [-0.39, 0.29) is 28.5 Å². The van der Waals surface area contributed by atoms with Crippen LogP contribution in [-0.4, -0.2) is 41.0 Å². The Kier molecular flexibility index (Phi) is 5.07.